The second kappa shape index (κ2) is 6.82. The predicted molar refractivity (Wildman–Crippen MR) is 43.6 cm³/mol. The van der Waals surface area contributed by atoms with E-state index in [9.17, 15) is 4.79 Å². The minimum Gasteiger partial charge on any atom is -0.433 e. The third-order valence-corrected chi connectivity index (χ3v) is 1.09. The van der Waals surface area contributed by atoms with Crippen molar-refractivity contribution < 1.29 is 19.0 Å². The molecule has 0 fully saturated rings. The number of esters is 1. The molecule has 4 heteroatoms. The summed E-state index contributed by atoms with van der Waals surface area (Å²) >= 11 is 0. The molecule has 0 heterocycles. The summed E-state index contributed by atoms with van der Waals surface area (Å²) in [7, 11) is 1.57. The van der Waals surface area contributed by atoms with Crippen LogP contribution < -0.4 is 0 Å². The summed E-state index contributed by atoms with van der Waals surface area (Å²) in [6.45, 7) is 5.78. The maximum absolute atomic E-state index is 10.6. The molecule has 0 aromatic carbocycles. The Morgan fingerprint density at radius 1 is 1.58 bits per heavy atom. The molecule has 1 atom stereocenters. The van der Waals surface area contributed by atoms with Crippen molar-refractivity contribution in [2.75, 3.05) is 20.3 Å². The molecule has 0 aliphatic heterocycles. The van der Waals surface area contributed by atoms with Gasteiger partial charge in [0.2, 0.25) is 6.29 Å². The standard InChI is InChI=1S/C8H14O4/c1-4-8(9)12-7(2)11-6-5-10-3/h4,7H,1,5-6H2,2-3H3. The van der Waals surface area contributed by atoms with Crippen LogP contribution in [0.25, 0.3) is 0 Å². The SMILES string of the molecule is C=CC(=O)OC(C)OCCOC. The lowest BCUT2D eigenvalue weighted by Gasteiger charge is -2.11. The van der Waals surface area contributed by atoms with E-state index in [-0.39, 0.29) is 0 Å². The minimum absolute atomic E-state index is 0.405. The first-order chi connectivity index (χ1) is 5.70. The van der Waals surface area contributed by atoms with E-state index in [0.717, 1.165) is 6.08 Å². The maximum atomic E-state index is 10.6. The Labute approximate surface area is 72.1 Å². The molecule has 0 saturated heterocycles. The molecule has 0 amide bonds. The first-order valence-electron chi connectivity index (χ1n) is 3.64. The maximum Gasteiger partial charge on any atom is 0.332 e. The Hall–Kier alpha value is -0.870. The van der Waals surface area contributed by atoms with Crippen molar-refractivity contribution >= 4 is 5.97 Å². The number of carbonyl (C=O) groups is 1. The average Bonchev–Trinajstić information content (AvgIpc) is 2.05. The first-order valence-corrected chi connectivity index (χ1v) is 3.64. The highest BCUT2D eigenvalue weighted by atomic mass is 16.7. The average molecular weight is 174 g/mol. The van der Waals surface area contributed by atoms with Gasteiger partial charge in [-0.2, -0.15) is 0 Å². The zero-order valence-corrected chi connectivity index (χ0v) is 7.41. The van der Waals surface area contributed by atoms with Crippen molar-refractivity contribution in [3.63, 3.8) is 0 Å². The van der Waals surface area contributed by atoms with E-state index >= 15 is 0 Å². The van der Waals surface area contributed by atoms with Crippen molar-refractivity contribution in [2.45, 2.75) is 13.2 Å². The van der Waals surface area contributed by atoms with Gasteiger partial charge in [-0.15, -0.1) is 0 Å². The number of ether oxygens (including phenoxy) is 3. The molecular formula is C8H14O4. The van der Waals surface area contributed by atoms with Crippen molar-refractivity contribution in [3.05, 3.63) is 12.7 Å². The van der Waals surface area contributed by atoms with Gasteiger partial charge in [-0.3, -0.25) is 0 Å². The Kier molecular flexibility index (Phi) is 6.32. The summed E-state index contributed by atoms with van der Waals surface area (Å²) in [6, 6.07) is 0. The Morgan fingerprint density at radius 2 is 2.25 bits per heavy atom. The summed E-state index contributed by atoms with van der Waals surface area (Å²) in [5.74, 6) is -0.486. The molecule has 0 aliphatic carbocycles. The fourth-order valence-electron chi connectivity index (χ4n) is 0.543. The molecule has 0 aromatic rings. The third-order valence-electron chi connectivity index (χ3n) is 1.09. The van der Waals surface area contributed by atoms with Gasteiger partial charge < -0.3 is 14.2 Å². The van der Waals surface area contributed by atoms with Gasteiger partial charge >= 0.3 is 5.97 Å². The number of methoxy groups -OCH3 is 1. The predicted octanol–water partition coefficient (Wildman–Crippen LogP) is 0.725. The lowest BCUT2D eigenvalue weighted by Crippen LogP contribution is -2.18. The Balaban J connectivity index is 3.38. The summed E-state index contributed by atoms with van der Waals surface area (Å²) < 4.78 is 14.5. The van der Waals surface area contributed by atoms with Gasteiger partial charge in [0.05, 0.1) is 13.2 Å². The zero-order chi connectivity index (χ0) is 9.40. The zero-order valence-electron chi connectivity index (χ0n) is 7.41. The van der Waals surface area contributed by atoms with Crippen LogP contribution in [-0.4, -0.2) is 32.6 Å². The quantitative estimate of drug-likeness (QED) is 0.257. The molecule has 1 unspecified atom stereocenters. The van der Waals surface area contributed by atoms with E-state index < -0.39 is 12.3 Å². The van der Waals surface area contributed by atoms with Crippen molar-refractivity contribution in [3.8, 4) is 0 Å². The van der Waals surface area contributed by atoms with Gasteiger partial charge in [0.1, 0.15) is 0 Å². The summed E-state index contributed by atoms with van der Waals surface area (Å²) in [5, 5.41) is 0. The fourth-order valence-corrected chi connectivity index (χ4v) is 0.543. The van der Waals surface area contributed by atoms with Crippen LogP contribution in [-0.2, 0) is 19.0 Å². The van der Waals surface area contributed by atoms with E-state index in [1.807, 2.05) is 0 Å². The van der Waals surface area contributed by atoms with Crippen LogP contribution in [0.2, 0.25) is 0 Å². The Morgan fingerprint density at radius 3 is 2.75 bits per heavy atom. The van der Waals surface area contributed by atoms with Crippen LogP contribution in [0.5, 0.6) is 0 Å². The van der Waals surface area contributed by atoms with Crippen LogP contribution in [0, 0.1) is 0 Å². The normalized spacial score (nSPS) is 12.2. The molecule has 0 saturated carbocycles. The third kappa shape index (κ3) is 5.88. The highest BCUT2D eigenvalue weighted by Gasteiger charge is 2.04. The van der Waals surface area contributed by atoms with Crippen LogP contribution in [0.4, 0.5) is 0 Å². The number of hydrogen-bond acceptors (Lipinski definition) is 4. The molecule has 0 aliphatic rings. The van der Waals surface area contributed by atoms with Crippen LogP contribution in [0.1, 0.15) is 6.92 Å². The minimum atomic E-state index is -0.550. The summed E-state index contributed by atoms with van der Waals surface area (Å²) in [5.41, 5.74) is 0. The molecule has 0 N–H and O–H groups in total. The summed E-state index contributed by atoms with van der Waals surface area (Å²) in [4.78, 5) is 10.6. The molecule has 0 aromatic heterocycles. The highest BCUT2D eigenvalue weighted by molar-refractivity contribution is 5.81. The van der Waals surface area contributed by atoms with Crippen molar-refractivity contribution in [1.82, 2.24) is 0 Å². The molecule has 12 heavy (non-hydrogen) atoms. The largest absolute Gasteiger partial charge is 0.433 e. The Bertz CT molecular complexity index is 144. The first kappa shape index (κ1) is 11.1. The molecule has 4 nitrogen and oxygen atoms in total. The smallest absolute Gasteiger partial charge is 0.332 e. The molecular weight excluding hydrogens is 160 g/mol. The van der Waals surface area contributed by atoms with E-state index in [0.29, 0.717) is 13.2 Å². The van der Waals surface area contributed by atoms with Crippen LogP contribution >= 0.6 is 0 Å². The molecule has 0 bridgehead atoms. The fraction of sp³-hybridized carbons (Fsp3) is 0.625. The van der Waals surface area contributed by atoms with Gasteiger partial charge in [0.25, 0.3) is 0 Å². The van der Waals surface area contributed by atoms with E-state index in [1.165, 1.54) is 0 Å². The monoisotopic (exact) mass is 174 g/mol. The van der Waals surface area contributed by atoms with Crippen LogP contribution in [0.3, 0.4) is 0 Å². The van der Waals surface area contributed by atoms with E-state index in [2.05, 4.69) is 6.58 Å². The molecule has 0 radical (unpaired) electrons. The van der Waals surface area contributed by atoms with Gasteiger partial charge in [0, 0.05) is 13.2 Å². The second-order valence-corrected chi connectivity index (χ2v) is 2.07. The van der Waals surface area contributed by atoms with Gasteiger partial charge in [-0.1, -0.05) is 6.58 Å². The van der Waals surface area contributed by atoms with E-state index in [1.54, 1.807) is 14.0 Å². The molecule has 0 spiro atoms. The lowest BCUT2D eigenvalue weighted by molar-refractivity contribution is -0.170. The lowest BCUT2D eigenvalue weighted by atomic mass is 10.6. The van der Waals surface area contributed by atoms with E-state index in [4.69, 9.17) is 14.2 Å². The number of carbonyl (C=O) groups excluding carboxylic acids is 1. The molecule has 0 rings (SSSR count). The van der Waals surface area contributed by atoms with Gasteiger partial charge in [0.15, 0.2) is 0 Å². The van der Waals surface area contributed by atoms with Crippen molar-refractivity contribution in [2.24, 2.45) is 0 Å². The van der Waals surface area contributed by atoms with Gasteiger partial charge in [-0.25, -0.2) is 4.79 Å². The number of hydrogen-bond donors (Lipinski definition) is 0. The topological polar surface area (TPSA) is 44.8 Å². The van der Waals surface area contributed by atoms with Crippen LogP contribution in [0.15, 0.2) is 12.7 Å². The summed E-state index contributed by atoms with van der Waals surface area (Å²) in [6.07, 6.45) is 0.543. The van der Waals surface area contributed by atoms with Gasteiger partial charge in [-0.05, 0) is 6.92 Å². The highest BCUT2D eigenvalue weighted by Crippen LogP contribution is 1.94. The second-order valence-electron chi connectivity index (χ2n) is 2.07. The molecule has 70 valence electrons. The number of rotatable bonds is 6. The van der Waals surface area contributed by atoms with Crippen molar-refractivity contribution in [1.29, 1.82) is 0 Å².